The Hall–Kier alpha value is -1.96. The van der Waals surface area contributed by atoms with Gasteiger partial charge in [-0.15, -0.1) is 0 Å². The number of benzene rings is 1. The maximum absolute atomic E-state index is 5.54. The summed E-state index contributed by atoms with van der Waals surface area (Å²) >= 11 is 0. The number of rotatable bonds is 6. The van der Waals surface area contributed by atoms with Crippen LogP contribution in [-0.2, 0) is 11.2 Å². The Kier molecular flexibility index (Phi) is 5.78. The molecule has 18 heavy (non-hydrogen) atoms. The minimum atomic E-state index is 0.737. The molecule has 1 rings (SSSR count). The Labute approximate surface area is 109 Å². The molecule has 0 saturated heterocycles. The zero-order valence-corrected chi connectivity index (χ0v) is 11.3. The highest BCUT2D eigenvalue weighted by Crippen LogP contribution is 2.24. The van der Waals surface area contributed by atoms with Crippen LogP contribution in [0, 0.1) is 6.92 Å². The molecular formula is C16H20O2. The molecule has 1 aromatic carbocycles. The summed E-state index contributed by atoms with van der Waals surface area (Å²) in [4.78, 5) is 0. The summed E-state index contributed by atoms with van der Waals surface area (Å²) in [5.41, 5.74) is 2.31. The molecule has 0 heterocycles. The highest BCUT2D eigenvalue weighted by atomic mass is 16.5. The fraction of sp³-hybridized carbons (Fsp3) is 0.250. The average Bonchev–Trinajstić information content (AvgIpc) is 2.39. The van der Waals surface area contributed by atoms with Gasteiger partial charge in [-0.05, 0) is 44.0 Å². The molecule has 0 saturated carbocycles. The molecule has 0 bridgehead atoms. The summed E-state index contributed by atoms with van der Waals surface area (Å²) < 4.78 is 10.9. The Morgan fingerprint density at radius 1 is 1.33 bits per heavy atom. The fourth-order valence-electron chi connectivity index (χ4n) is 1.63. The maximum Gasteiger partial charge on any atom is 0.129 e. The second kappa shape index (κ2) is 7.38. The molecule has 0 fully saturated rings. The molecule has 0 spiro atoms. The van der Waals surface area contributed by atoms with Crippen molar-refractivity contribution in [3.05, 3.63) is 66.3 Å². The van der Waals surface area contributed by atoms with Gasteiger partial charge in [-0.25, -0.2) is 0 Å². The number of hydrogen-bond donors (Lipinski definition) is 0. The van der Waals surface area contributed by atoms with E-state index in [0.717, 1.165) is 23.5 Å². The molecule has 96 valence electrons. The molecule has 0 aliphatic heterocycles. The van der Waals surface area contributed by atoms with Gasteiger partial charge in [0, 0.05) is 6.42 Å². The zero-order valence-electron chi connectivity index (χ0n) is 11.3. The van der Waals surface area contributed by atoms with Crippen LogP contribution >= 0.6 is 0 Å². The predicted octanol–water partition coefficient (Wildman–Crippen LogP) is 4.51. The minimum Gasteiger partial charge on any atom is -0.470 e. The summed E-state index contributed by atoms with van der Waals surface area (Å²) in [6, 6.07) is 6.03. The van der Waals surface area contributed by atoms with Crippen LogP contribution in [-0.4, -0.2) is 0 Å². The molecule has 1 aromatic rings. The normalized spacial score (nSPS) is 11.6. The molecule has 0 radical (unpaired) electrons. The Morgan fingerprint density at radius 3 is 2.72 bits per heavy atom. The molecule has 0 amide bonds. The largest absolute Gasteiger partial charge is 0.470 e. The molecule has 0 aliphatic carbocycles. The average molecular weight is 244 g/mol. The van der Waals surface area contributed by atoms with Gasteiger partial charge in [0.15, 0.2) is 0 Å². The smallest absolute Gasteiger partial charge is 0.129 e. The Bertz CT molecular complexity index is 456. The van der Waals surface area contributed by atoms with E-state index in [-0.39, 0.29) is 0 Å². The van der Waals surface area contributed by atoms with Gasteiger partial charge >= 0.3 is 0 Å². The summed E-state index contributed by atoms with van der Waals surface area (Å²) in [5, 5.41) is 0. The van der Waals surface area contributed by atoms with E-state index in [4.69, 9.17) is 9.47 Å². The predicted molar refractivity (Wildman–Crippen MR) is 75.4 cm³/mol. The first-order valence-corrected chi connectivity index (χ1v) is 6.02. The minimum absolute atomic E-state index is 0.737. The molecule has 2 nitrogen and oxygen atoms in total. The van der Waals surface area contributed by atoms with Crippen LogP contribution in [0.2, 0.25) is 0 Å². The van der Waals surface area contributed by atoms with E-state index in [0.29, 0.717) is 0 Å². The lowest BCUT2D eigenvalue weighted by atomic mass is 10.0. The van der Waals surface area contributed by atoms with Crippen LogP contribution in [0.1, 0.15) is 25.0 Å². The van der Waals surface area contributed by atoms with E-state index in [1.807, 2.05) is 38.1 Å². The first-order valence-electron chi connectivity index (χ1n) is 6.02. The van der Waals surface area contributed by atoms with Crippen molar-refractivity contribution < 1.29 is 9.47 Å². The SMILES string of the molecule is C=CO/C(=C/C)Cc1cccc(O/C=C\C)c1C. The van der Waals surface area contributed by atoms with E-state index in [2.05, 4.69) is 19.6 Å². The summed E-state index contributed by atoms with van der Waals surface area (Å²) in [5.74, 6) is 1.76. The van der Waals surface area contributed by atoms with E-state index in [9.17, 15) is 0 Å². The van der Waals surface area contributed by atoms with Crippen molar-refractivity contribution in [3.63, 3.8) is 0 Å². The lowest BCUT2D eigenvalue weighted by molar-refractivity contribution is 0.341. The fourth-order valence-corrected chi connectivity index (χ4v) is 1.63. The van der Waals surface area contributed by atoms with E-state index >= 15 is 0 Å². The van der Waals surface area contributed by atoms with Gasteiger partial charge in [0.1, 0.15) is 11.5 Å². The monoisotopic (exact) mass is 244 g/mol. The van der Waals surface area contributed by atoms with Gasteiger partial charge < -0.3 is 9.47 Å². The van der Waals surface area contributed by atoms with Gasteiger partial charge in [-0.2, -0.15) is 0 Å². The van der Waals surface area contributed by atoms with Crippen molar-refractivity contribution >= 4 is 0 Å². The first kappa shape index (κ1) is 14.1. The third-order valence-electron chi connectivity index (χ3n) is 2.65. The summed E-state index contributed by atoms with van der Waals surface area (Å²) in [6.45, 7) is 9.50. The van der Waals surface area contributed by atoms with Crippen molar-refractivity contribution in [1.29, 1.82) is 0 Å². The lowest BCUT2D eigenvalue weighted by Crippen LogP contribution is -1.97. The zero-order chi connectivity index (χ0) is 13.4. The van der Waals surface area contributed by atoms with Crippen molar-refractivity contribution in [2.45, 2.75) is 27.2 Å². The van der Waals surface area contributed by atoms with Gasteiger partial charge in [0.25, 0.3) is 0 Å². The van der Waals surface area contributed by atoms with Crippen LogP contribution < -0.4 is 4.74 Å². The van der Waals surface area contributed by atoms with Gasteiger partial charge in [0.05, 0.1) is 12.5 Å². The maximum atomic E-state index is 5.54. The molecule has 0 aromatic heterocycles. The Balaban J connectivity index is 2.92. The lowest BCUT2D eigenvalue weighted by Gasteiger charge is -2.11. The van der Waals surface area contributed by atoms with Crippen LogP contribution in [0.4, 0.5) is 0 Å². The van der Waals surface area contributed by atoms with E-state index in [1.165, 1.54) is 11.8 Å². The highest BCUT2D eigenvalue weighted by Gasteiger charge is 2.06. The van der Waals surface area contributed by atoms with Crippen LogP contribution in [0.5, 0.6) is 5.75 Å². The molecular weight excluding hydrogens is 224 g/mol. The van der Waals surface area contributed by atoms with Crippen LogP contribution in [0.15, 0.2) is 55.2 Å². The van der Waals surface area contributed by atoms with Crippen LogP contribution in [0.25, 0.3) is 0 Å². The second-order valence-corrected chi connectivity index (χ2v) is 3.84. The molecule has 0 unspecified atom stereocenters. The molecule has 0 aliphatic rings. The summed E-state index contributed by atoms with van der Waals surface area (Å²) in [7, 11) is 0. The third-order valence-corrected chi connectivity index (χ3v) is 2.65. The summed E-state index contributed by atoms with van der Waals surface area (Å²) in [6.07, 6.45) is 7.68. The van der Waals surface area contributed by atoms with E-state index < -0.39 is 0 Å². The van der Waals surface area contributed by atoms with Crippen LogP contribution in [0.3, 0.4) is 0 Å². The second-order valence-electron chi connectivity index (χ2n) is 3.84. The topological polar surface area (TPSA) is 18.5 Å². The number of ether oxygens (including phenoxy) is 2. The van der Waals surface area contributed by atoms with Crippen molar-refractivity contribution in [3.8, 4) is 5.75 Å². The Morgan fingerprint density at radius 2 is 2.11 bits per heavy atom. The van der Waals surface area contributed by atoms with Gasteiger partial charge in [-0.1, -0.05) is 24.8 Å². The van der Waals surface area contributed by atoms with E-state index in [1.54, 1.807) is 6.26 Å². The van der Waals surface area contributed by atoms with Crippen molar-refractivity contribution in [2.75, 3.05) is 0 Å². The van der Waals surface area contributed by atoms with Gasteiger partial charge in [-0.3, -0.25) is 0 Å². The molecule has 0 N–H and O–H groups in total. The van der Waals surface area contributed by atoms with Crippen molar-refractivity contribution in [1.82, 2.24) is 0 Å². The number of hydrogen-bond acceptors (Lipinski definition) is 2. The highest BCUT2D eigenvalue weighted by molar-refractivity contribution is 5.41. The number of allylic oxidation sites excluding steroid dienone is 3. The first-order chi connectivity index (χ1) is 8.72. The standard InChI is InChI=1S/C16H20O2/c1-5-11-18-16-10-8-9-14(13(16)4)12-15(6-2)17-7-3/h5-11H,3,12H2,1-2,4H3/b11-5-,15-6+. The van der Waals surface area contributed by atoms with Crippen molar-refractivity contribution in [2.24, 2.45) is 0 Å². The third kappa shape index (κ3) is 3.81. The quantitative estimate of drug-likeness (QED) is 0.685. The molecule has 2 heteroatoms. The van der Waals surface area contributed by atoms with Gasteiger partial charge in [0.2, 0.25) is 0 Å². The molecule has 0 atom stereocenters.